The van der Waals surface area contributed by atoms with Crippen molar-refractivity contribution in [3.8, 4) is 5.75 Å². The molecule has 14 atom stereocenters. The zero-order chi connectivity index (χ0) is 96.2. The molecule has 39 nitrogen and oxygen atoms in total. The molecule has 0 aliphatic carbocycles. The standard InChI is InChI=1S/C92H125N21O18S/c1-11-15-29-72-85(124)102-64(24-14-4)82(121)108-71(80(119)98-48-77(94)116)49-132-50-78(117)100-68(40-54-33-35-58(114)36-34-54)88(127)109(8)53(7)79(118)105-70(44-76(93)115)91(130)113-38-22-32-74(113)87(126)104-66(43-57-47-95-51-99-57)84(123)106-67(39-52(5)6)90(129)112-37-21-31-73(112)86(125)103-65(41-55-45-96-61-27-19-17-25-59(55)61)83(122)101-63(23-13-3)81(120)107-69(42-56-46-97-62-28-20-18-26-60(56)62)89(128)111(10)75(30-16-12-2)92(131)110(72)9/h13-14,17-20,25-28,33-36,45-47,51-53,63-75,96-97,114H,3-4,11-12,15-16,21-24,29-32,37-44,48-50H2,1-2,5-10H3,(H2,93,115)(H2,94,116)(H,95,99)(H,98,119)(H,100,117)(H,101,122)(H,102,124)(H,103,125)(H,104,126)(H,105,118)(H,106,123)(H,107,120)(H,108,121)/t53-,63-,64-,65-,66-,67-,68-,69-,70?,71-,72-,73?,74?,75-/m0/s1. The summed E-state index contributed by atoms with van der Waals surface area (Å²) in [6, 6.07) is -0.169. The first-order chi connectivity index (χ1) is 63.0. The van der Waals surface area contributed by atoms with Gasteiger partial charge in [-0.25, -0.2) is 4.98 Å². The van der Waals surface area contributed by atoms with Gasteiger partial charge >= 0.3 is 0 Å². The van der Waals surface area contributed by atoms with Gasteiger partial charge in [0, 0.05) is 112 Å². The van der Waals surface area contributed by atoms with Gasteiger partial charge in [-0.1, -0.05) is 114 Å². The summed E-state index contributed by atoms with van der Waals surface area (Å²) in [6.07, 6.45) is 9.26. The Morgan fingerprint density at radius 2 is 1.01 bits per heavy atom. The maximum Gasteiger partial charge on any atom is 0.246 e. The molecule has 0 bridgehead atoms. The number of primary amides is 2. The van der Waals surface area contributed by atoms with E-state index in [9.17, 15) is 48.3 Å². The molecule has 0 spiro atoms. The van der Waals surface area contributed by atoms with E-state index in [1.165, 1.54) is 91.7 Å². The number of benzene rings is 3. The summed E-state index contributed by atoms with van der Waals surface area (Å²) in [5, 5.41) is 38.8. The molecule has 0 radical (unpaired) electrons. The SMILES string of the molecule is C=CC[C@@H]1NC(=O)[C@H](Cc2c[nH]c3ccccc23)NC(=O)C2CCCN2C(=O)[C@H](CC(C)C)NC(=O)[C@H](Cc2cnc[nH]2)NC(=O)C2CCCN2C(=O)C(CC(N)=O)NC(=O)[C@H](C)N(C)C(=O)[C@H](Cc2ccc(O)cc2)NC(=O)CSC[C@@H](C(=O)NCC(N)=O)NC(=O)[C@H](CC=C)NC(=O)[C@H](CCCC)N(C)C(=O)[C@H](CCCC)N(C)C(=O)[C@H](Cc2c[nH]c3ccccc23)NC1=O. The van der Waals surface area contributed by atoms with Gasteiger partial charge in [-0.2, -0.15) is 0 Å². The average molecular weight is 1850 g/mol. The molecule has 3 aromatic carbocycles. The van der Waals surface area contributed by atoms with Crippen LogP contribution in [0.4, 0.5) is 0 Å². The van der Waals surface area contributed by atoms with Crippen molar-refractivity contribution < 1.29 is 86.6 Å². The quantitative estimate of drug-likeness (QED) is 0.0355. The Morgan fingerprint density at radius 1 is 0.530 bits per heavy atom. The van der Waals surface area contributed by atoms with Crippen LogP contribution in [0, 0.1) is 5.92 Å². The number of para-hydroxylation sites is 2. The molecular weight excluding hydrogens is 1720 g/mol. The first kappa shape index (κ1) is 102. The highest BCUT2D eigenvalue weighted by Gasteiger charge is 2.46. The highest BCUT2D eigenvalue weighted by atomic mass is 32.2. The maximum absolute atomic E-state index is 15.8. The van der Waals surface area contributed by atoms with E-state index in [1.54, 1.807) is 24.5 Å². The predicted octanol–water partition coefficient (Wildman–Crippen LogP) is 0.997. The number of phenolic OH excluding ortho intramolecular Hbond substituents is 1. The lowest BCUT2D eigenvalue weighted by molar-refractivity contribution is -0.149. The van der Waals surface area contributed by atoms with Gasteiger partial charge in [-0.3, -0.25) is 81.5 Å². The van der Waals surface area contributed by atoms with E-state index in [1.807, 2.05) is 64.1 Å². The van der Waals surface area contributed by atoms with Crippen LogP contribution in [0.5, 0.6) is 5.75 Å². The molecule has 6 aromatic rings. The van der Waals surface area contributed by atoms with Gasteiger partial charge in [-0.05, 0) is 112 Å². The number of unbranched alkanes of at least 4 members (excludes halogenated alkanes) is 2. The molecule has 3 aromatic heterocycles. The number of fused-ring (bicyclic) bond motifs is 4. The van der Waals surface area contributed by atoms with Gasteiger partial charge in [0.15, 0.2) is 0 Å². The lowest BCUT2D eigenvalue weighted by Crippen LogP contribution is -2.61. The Kier molecular flexibility index (Phi) is 38.0. The van der Waals surface area contributed by atoms with E-state index < -0.39 is 209 Å². The van der Waals surface area contributed by atoms with Gasteiger partial charge < -0.3 is 109 Å². The van der Waals surface area contributed by atoms with Crippen LogP contribution in [-0.4, -0.2) is 287 Å². The molecule has 132 heavy (non-hydrogen) atoms. The van der Waals surface area contributed by atoms with E-state index in [0.29, 0.717) is 76.3 Å². The van der Waals surface area contributed by atoms with E-state index in [-0.39, 0.29) is 102 Å². The number of aromatic amines is 3. The second kappa shape index (κ2) is 49.0. The molecule has 9 rings (SSSR count). The number of hydrogen-bond donors (Lipinski definition) is 16. The van der Waals surface area contributed by atoms with Crippen molar-refractivity contribution >= 4 is 134 Å². The third kappa shape index (κ3) is 27.8. The number of hydrogen-bond acceptors (Lipinski definition) is 20. The molecule has 3 aliphatic rings. The summed E-state index contributed by atoms with van der Waals surface area (Å²) in [7, 11) is 4.03. The molecule has 3 unspecified atom stereocenters. The number of H-pyrrole nitrogens is 3. The minimum Gasteiger partial charge on any atom is -0.508 e. The van der Waals surface area contributed by atoms with Crippen LogP contribution >= 0.6 is 11.8 Å². The maximum atomic E-state index is 15.8. The highest BCUT2D eigenvalue weighted by molar-refractivity contribution is 8.00. The zero-order valence-electron chi connectivity index (χ0n) is 75.9. The smallest absolute Gasteiger partial charge is 0.246 e. The molecule has 18 N–H and O–H groups in total. The topological polar surface area (TPSA) is 559 Å². The molecule has 6 heterocycles. The van der Waals surface area contributed by atoms with Crippen LogP contribution in [-0.2, 0) is 107 Å². The van der Waals surface area contributed by atoms with E-state index in [0.717, 1.165) is 21.6 Å². The number of imidazole rings is 1. The third-order valence-electron chi connectivity index (χ3n) is 23.9. The van der Waals surface area contributed by atoms with Gasteiger partial charge in [0.25, 0.3) is 0 Å². The largest absolute Gasteiger partial charge is 0.508 e. The third-order valence-corrected chi connectivity index (χ3v) is 25.0. The molecule has 3 aliphatic heterocycles. The Labute approximate surface area is 770 Å². The second-order valence-corrected chi connectivity index (χ2v) is 35.2. The summed E-state index contributed by atoms with van der Waals surface area (Å²) < 4.78 is 0. The number of carbonyl (C=O) groups is 17. The lowest BCUT2D eigenvalue weighted by atomic mass is 9.99. The number of aromatic hydroxyl groups is 1. The van der Waals surface area contributed by atoms with Gasteiger partial charge in [0.2, 0.25) is 100 Å². The van der Waals surface area contributed by atoms with E-state index >= 15 is 38.4 Å². The molecule has 712 valence electrons. The Bertz CT molecular complexity index is 5140. The van der Waals surface area contributed by atoms with Crippen LogP contribution in [0.1, 0.15) is 147 Å². The number of phenols is 1. The van der Waals surface area contributed by atoms with Crippen LogP contribution in [0.25, 0.3) is 21.8 Å². The van der Waals surface area contributed by atoms with Crippen LogP contribution in [0.15, 0.2) is 123 Å². The number of thioether (sulfide) groups is 1. The van der Waals surface area contributed by atoms with E-state index in [2.05, 4.69) is 86.3 Å². The van der Waals surface area contributed by atoms with Crippen molar-refractivity contribution in [3.63, 3.8) is 0 Å². The van der Waals surface area contributed by atoms with Gasteiger partial charge in [0.1, 0.15) is 90.3 Å². The number of likely N-dealkylation sites (N-methyl/N-ethyl adjacent to an activating group) is 3. The predicted molar refractivity (Wildman–Crippen MR) is 492 cm³/mol. The normalized spacial score (nSPS) is 24.5. The molecule has 3 fully saturated rings. The summed E-state index contributed by atoms with van der Waals surface area (Å²) in [4.78, 5) is 269. The zero-order valence-corrected chi connectivity index (χ0v) is 76.7. The van der Waals surface area contributed by atoms with Crippen molar-refractivity contribution in [1.82, 2.24) is 97.6 Å². The fourth-order valence-electron chi connectivity index (χ4n) is 16.6. The van der Waals surface area contributed by atoms with Gasteiger partial charge in [0.05, 0.1) is 25.0 Å². The highest BCUT2D eigenvalue weighted by Crippen LogP contribution is 2.28. The van der Waals surface area contributed by atoms with Gasteiger partial charge in [-0.15, -0.1) is 24.9 Å². The van der Waals surface area contributed by atoms with E-state index in [4.69, 9.17) is 11.5 Å². The van der Waals surface area contributed by atoms with Crippen LogP contribution in [0.3, 0.4) is 0 Å². The number of aromatic nitrogens is 4. The first-order valence-corrected chi connectivity index (χ1v) is 45.8. The minimum absolute atomic E-state index is 0.0154. The Balaban J connectivity index is 1.09. The first-order valence-electron chi connectivity index (χ1n) is 44.7. The summed E-state index contributed by atoms with van der Waals surface area (Å²) in [6.45, 7) is 15.6. The monoisotopic (exact) mass is 1840 g/mol. The number of carbonyl (C=O) groups excluding carboxylic acids is 17. The fraction of sp³-hybridized carbons (Fsp3) is 0.500. The summed E-state index contributed by atoms with van der Waals surface area (Å²) in [5.41, 5.74) is 14.5. The summed E-state index contributed by atoms with van der Waals surface area (Å²) >= 11 is 0.790. The molecule has 17 amide bonds. The Hall–Kier alpha value is -13.4. The fourth-order valence-corrected chi connectivity index (χ4v) is 17.4. The molecular formula is C92H125N21O18S. The van der Waals surface area contributed by atoms with Crippen molar-refractivity contribution in [2.75, 3.05) is 52.3 Å². The van der Waals surface area contributed by atoms with Crippen LogP contribution < -0.4 is 64.6 Å². The number of nitrogens with zero attached hydrogens (tertiary/aromatic N) is 6. The minimum atomic E-state index is -1.75. The molecule has 3 saturated heterocycles. The second-order valence-electron chi connectivity index (χ2n) is 34.2. The molecule has 40 heteroatoms. The Morgan fingerprint density at radius 3 is 1.55 bits per heavy atom. The summed E-state index contributed by atoms with van der Waals surface area (Å²) in [5.74, 6) is -16.0. The van der Waals surface area contributed by atoms with Crippen molar-refractivity contribution in [2.45, 2.75) is 235 Å². The van der Waals surface area contributed by atoms with Crippen LogP contribution in [0.2, 0.25) is 0 Å². The van der Waals surface area contributed by atoms with Crippen molar-refractivity contribution in [1.29, 1.82) is 0 Å². The number of nitrogens with two attached hydrogens (primary N) is 2. The number of rotatable bonds is 25. The number of amides is 17. The number of nitrogens with one attached hydrogen (secondary N) is 13. The average Bonchev–Trinajstić information content (AvgIpc) is 1.73. The molecule has 0 saturated carbocycles. The van der Waals surface area contributed by atoms with Crippen molar-refractivity contribution in [3.05, 3.63) is 145 Å². The van der Waals surface area contributed by atoms with Crippen molar-refractivity contribution in [2.24, 2.45) is 17.4 Å². The lowest BCUT2D eigenvalue weighted by Gasteiger charge is -2.36.